The lowest BCUT2D eigenvalue weighted by molar-refractivity contribution is -0.0396. The molecule has 25 heavy (non-hydrogen) atoms. The minimum atomic E-state index is -1.03. The molecule has 1 aromatic carbocycles. The van der Waals surface area contributed by atoms with Crippen LogP contribution in [-0.4, -0.2) is 29.2 Å². The molecule has 2 aliphatic carbocycles. The molecule has 2 aliphatic rings. The first kappa shape index (κ1) is 18.2. The Morgan fingerprint density at radius 2 is 1.88 bits per heavy atom. The molecule has 4 nitrogen and oxygen atoms in total. The highest BCUT2D eigenvalue weighted by Gasteiger charge is 2.57. The van der Waals surface area contributed by atoms with Crippen molar-refractivity contribution in [1.82, 2.24) is 0 Å². The van der Waals surface area contributed by atoms with E-state index in [2.05, 4.69) is 20.8 Å². The highest BCUT2D eigenvalue weighted by atomic mass is 16.5. The van der Waals surface area contributed by atoms with E-state index in [0.29, 0.717) is 16.9 Å². The molecule has 4 heteroatoms. The van der Waals surface area contributed by atoms with Crippen LogP contribution in [0.15, 0.2) is 6.07 Å². The number of aromatic hydroxyl groups is 1. The first-order chi connectivity index (χ1) is 11.6. The summed E-state index contributed by atoms with van der Waals surface area (Å²) in [5, 5.41) is 22.0. The predicted octanol–water partition coefficient (Wildman–Crippen LogP) is 4.17. The lowest BCUT2D eigenvalue weighted by Crippen LogP contribution is -2.56. The summed E-state index contributed by atoms with van der Waals surface area (Å²) in [6.07, 6.45) is 1.79. The summed E-state index contributed by atoms with van der Waals surface area (Å²) in [6, 6.07) is 1.83. The van der Waals surface area contributed by atoms with Gasteiger partial charge in [-0.3, -0.25) is 4.79 Å². The Morgan fingerprint density at radius 1 is 1.24 bits per heavy atom. The molecule has 1 saturated carbocycles. The summed E-state index contributed by atoms with van der Waals surface area (Å²) >= 11 is 0. The Balaban J connectivity index is 2.35. The maximum Gasteiger partial charge on any atom is 0.192 e. The van der Waals surface area contributed by atoms with Gasteiger partial charge in [-0.1, -0.05) is 41.0 Å². The van der Waals surface area contributed by atoms with Crippen molar-refractivity contribution in [2.24, 2.45) is 11.3 Å². The third-order valence-electron chi connectivity index (χ3n) is 6.58. The monoisotopic (exact) mass is 346 g/mol. The number of aliphatic hydroxyl groups excluding tert-OH is 1. The molecule has 0 aliphatic heterocycles. The molecule has 0 bridgehead atoms. The molecule has 0 heterocycles. The number of ether oxygens (including phenoxy) is 1. The second kappa shape index (κ2) is 5.73. The van der Waals surface area contributed by atoms with E-state index in [1.807, 2.05) is 19.9 Å². The fourth-order valence-electron chi connectivity index (χ4n) is 5.54. The average Bonchev–Trinajstić information content (AvgIpc) is 2.50. The number of rotatable bonds is 2. The smallest absolute Gasteiger partial charge is 0.192 e. The maximum absolute atomic E-state index is 13.0. The standard InChI is InChI=1S/C21H30O4/c1-11(2)12-10-13-14(16(23)18(12)25-6)21(5)9-7-8-20(3,4)19(21)17(24)15(13)22/h10-11,17,19,23-24H,7-9H2,1-6H3/t17-,19-,21+/m0/s1. The Morgan fingerprint density at radius 3 is 2.44 bits per heavy atom. The van der Waals surface area contributed by atoms with Crippen molar-refractivity contribution in [3.8, 4) is 11.5 Å². The molecule has 0 spiro atoms. The van der Waals surface area contributed by atoms with E-state index in [1.165, 1.54) is 0 Å². The van der Waals surface area contributed by atoms with Gasteiger partial charge < -0.3 is 14.9 Å². The zero-order chi connectivity index (χ0) is 18.7. The summed E-state index contributed by atoms with van der Waals surface area (Å²) in [6.45, 7) is 10.3. The highest BCUT2D eigenvalue weighted by Crippen LogP contribution is 2.60. The van der Waals surface area contributed by atoms with E-state index >= 15 is 0 Å². The van der Waals surface area contributed by atoms with E-state index in [9.17, 15) is 15.0 Å². The zero-order valence-electron chi connectivity index (χ0n) is 16.1. The number of phenols is 1. The molecule has 1 fully saturated rings. The lowest BCUT2D eigenvalue weighted by Gasteiger charge is -2.55. The Kier molecular flexibility index (Phi) is 4.18. The molecule has 0 unspecified atom stereocenters. The Hall–Kier alpha value is -1.55. The third kappa shape index (κ3) is 2.41. The van der Waals surface area contributed by atoms with Crippen LogP contribution in [-0.2, 0) is 5.41 Å². The highest BCUT2D eigenvalue weighted by molar-refractivity contribution is 6.04. The molecular formula is C21H30O4. The van der Waals surface area contributed by atoms with Gasteiger partial charge in [0.15, 0.2) is 17.3 Å². The summed E-state index contributed by atoms with van der Waals surface area (Å²) in [5.41, 5.74) is 1.32. The maximum atomic E-state index is 13.0. The normalized spacial score (nSPS) is 30.8. The number of aliphatic hydroxyl groups is 1. The molecule has 3 rings (SSSR count). The van der Waals surface area contributed by atoms with Gasteiger partial charge in [-0.15, -0.1) is 0 Å². The number of fused-ring (bicyclic) bond motifs is 3. The molecule has 0 aromatic heterocycles. The first-order valence-corrected chi connectivity index (χ1v) is 9.23. The number of benzene rings is 1. The predicted molar refractivity (Wildman–Crippen MR) is 97.6 cm³/mol. The topological polar surface area (TPSA) is 66.8 Å². The summed E-state index contributed by atoms with van der Waals surface area (Å²) in [5.74, 6) is 0.154. The van der Waals surface area contributed by atoms with Crippen molar-refractivity contribution in [1.29, 1.82) is 0 Å². The Labute approximate surface area is 150 Å². The number of carbonyl (C=O) groups excluding carboxylic acids is 1. The lowest BCUT2D eigenvalue weighted by atomic mass is 9.49. The molecule has 0 saturated heterocycles. The van der Waals surface area contributed by atoms with Gasteiger partial charge in [0.1, 0.15) is 6.10 Å². The van der Waals surface area contributed by atoms with Crippen LogP contribution in [0.3, 0.4) is 0 Å². The number of ketones is 1. The number of carbonyl (C=O) groups is 1. The van der Waals surface area contributed by atoms with Crippen molar-refractivity contribution in [3.63, 3.8) is 0 Å². The largest absolute Gasteiger partial charge is 0.504 e. The van der Waals surface area contributed by atoms with Crippen molar-refractivity contribution in [2.75, 3.05) is 7.11 Å². The fourth-order valence-corrected chi connectivity index (χ4v) is 5.54. The van der Waals surface area contributed by atoms with Crippen LogP contribution >= 0.6 is 0 Å². The van der Waals surface area contributed by atoms with Gasteiger partial charge >= 0.3 is 0 Å². The quantitative estimate of drug-likeness (QED) is 0.843. The van der Waals surface area contributed by atoms with E-state index in [-0.39, 0.29) is 28.8 Å². The zero-order valence-corrected chi connectivity index (χ0v) is 16.1. The number of hydrogen-bond acceptors (Lipinski definition) is 4. The molecule has 0 amide bonds. The van der Waals surface area contributed by atoms with E-state index in [0.717, 1.165) is 24.8 Å². The van der Waals surface area contributed by atoms with Gasteiger partial charge in [0, 0.05) is 28.0 Å². The second-order valence-electron chi connectivity index (χ2n) is 8.97. The molecule has 3 atom stereocenters. The van der Waals surface area contributed by atoms with Crippen LogP contribution in [0, 0.1) is 11.3 Å². The van der Waals surface area contributed by atoms with E-state index in [4.69, 9.17) is 4.74 Å². The van der Waals surface area contributed by atoms with Crippen molar-refractivity contribution in [3.05, 3.63) is 22.8 Å². The second-order valence-corrected chi connectivity index (χ2v) is 8.97. The minimum Gasteiger partial charge on any atom is -0.504 e. The van der Waals surface area contributed by atoms with Crippen LogP contribution < -0.4 is 4.74 Å². The third-order valence-corrected chi connectivity index (χ3v) is 6.58. The number of methoxy groups -OCH3 is 1. The van der Waals surface area contributed by atoms with Crippen LogP contribution in [0.1, 0.15) is 81.3 Å². The Bertz CT molecular complexity index is 719. The summed E-state index contributed by atoms with van der Waals surface area (Å²) in [7, 11) is 1.55. The number of hydrogen-bond donors (Lipinski definition) is 2. The summed E-state index contributed by atoms with van der Waals surface area (Å²) in [4.78, 5) is 13.0. The fraction of sp³-hybridized carbons (Fsp3) is 0.667. The van der Waals surface area contributed by atoms with E-state index in [1.54, 1.807) is 7.11 Å². The van der Waals surface area contributed by atoms with Crippen LogP contribution in [0.25, 0.3) is 0 Å². The molecule has 1 aromatic rings. The van der Waals surface area contributed by atoms with Gasteiger partial charge in [-0.2, -0.15) is 0 Å². The molecule has 0 radical (unpaired) electrons. The molecular weight excluding hydrogens is 316 g/mol. The van der Waals surface area contributed by atoms with Gasteiger partial charge in [0.25, 0.3) is 0 Å². The minimum absolute atomic E-state index is 0.0779. The van der Waals surface area contributed by atoms with Crippen molar-refractivity contribution >= 4 is 5.78 Å². The van der Waals surface area contributed by atoms with Gasteiger partial charge in [0.05, 0.1) is 7.11 Å². The number of phenolic OH excluding ortho intramolecular Hbond substituents is 1. The van der Waals surface area contributed by atoms with Gasteiger partial charge in [0.2, 0.25) is 0 Å². The van der Waals surface area contributed by atoms with Crippen LogP contribution in [0.2, 0.25) is 0 Å². The molecule has 138 valence electrons. The van der Waals surface area contributed by atoms with Crippen molar-refractivity contribution in [2.45, 2.75) is 71.3 Å². The van der Waals surface area contributed by atoms with E-state index < -0.39 is 11.5 Å². The van der Waals surface area contributed by atoms with Crippen molar-refractivity contribution < 1.29 is 19.7 Å². The van der Waals surface area contributed by atoms with Gasteiger partial charge in [-0.05, 0) is 30.2 Å². The summed E-state index contributed by atoms with van der Waals surface area (Å²) < 4.78 is 5.52. The van der Waals surface area contributed by atoms with Gasteiger partial charge in [-0.25, -0.2) is 0 Å². The average molecular weight is 346 g/mol. The SMILES string of the molecule is COc1c(C(C)C)cc2c(c1O)[C@@]1(C)CCCC(C)(C)[C@@H]1[C@@H](O)C2=O. The number of Topliss-reactive ketones (excluding diaryl/α,β-unsaturated/α-hetero) is 1. The van der Waals surface area contributed by atoms with Crippen LogP contribution in [0.4, 0.5) is 0 Å². The van der Waals surface area contributed by atoms with Crippen LogP contribution in [0.5, 0.6) is 11.5 Å². The molecule has 2 N–H and O–H groups in total. The first-order valence-electron chi connectivity index (χ1n) is 9.23.